The molecule has 0 radical (unpaired) electrons. The lowest BCUT2D eigenvalue weighted by Gasteiger charge is -2.15. The lowest BCUT2D eigenvalue weighted by molar-refractivity contribution is -0.137. The highest BCUT2D eigenvalue weighted by atomic mass is 32.1. The number of benzene rings is 2. The summed E-state index contributed by atoms with van der Waals surface area (Å²) in [7, 11) is 0. The number of carboxylic acid groups (broad SMARTS) is 1. The highest BCUT2D eigenvalue weighted by Crippen LogP contribution is 2.45. The number of carbonyl (C=O) groups is 1. The standard InChI is InChI=1S/C24H23NO4S/c1-13-8-20(14(2)30-13)18-4-3-5-19-21(12-29-24(18)19)25-16-6-7-17-15(9-23(26)27)11-28-22(17)10-16/h3-8,10,15,21,25H,9,11-12H2,1-2H3,(H,26,27)/t15-,21-/m1/s1. The largest absolute Gasteiger partial charge is 0.493 e. The number of ether oxygens (including phenoxy) is 2. The molecule has 1 aromatic heterocycles. The van der Waals surface area contributed by atoms with Gasteiger partial charge in [0.2, 0.25) is 0 Å². The Bertz CT molecular complexity index is 1140. The zero-order valence-electron chi connectivity index (χ0n) is 16.9. The van der Waals surface area contributed by atoms with Crippen molar-refractivity contribution in [2.45, 2.75) is 32.2 Å². The average Bonchev–Trinajstić information content (AvgIpc) is 3.39. The van der Waals surface area contributed by atoms with Crippen LogP contribution in [0.25, 0.3) is 11.1 Å². The minimum atomic E-state index is -0.801. The summed E-state index contributed by atoms with van der Waals surface area (Å²) in [6.45, 7) is 5.27. The van der Waals surface area contributed by atoms with E-state index in [2.05, 4.69) is 43.4 Å². The molecule has 0 bridgehead atoms. The van der Waals surface area contributed by atoms with Crippen LogP contribution in [0.1, 0.15) is 39.3 Å². The summed E-state index contributed by atoms with van der Waals surface area (Å²) in [4.78, 5) is 13.6. The van der Waals surface area contributed by atoms with Gasteiger partial charge in [0.25, 0.3) is 0 Å². The first kappa shape index (κ1) is 19.0. The van der Waals surface area contributed by atoms with Gasteiger partial charge >= 0.3 is 5.97 Å². The molecule has 0 saturated carbocycles. The van der Waals surface area contributed by atoms with Crippen molar-refractivity contribution < 1.29 is 19.4 Å². The Morgan fingerprint density at radius 1 is 1.10 bits per heavy atom. The smallest absolute Gasteiger partial charge is 0.304 e. The number of hydrogen-bond acceptors (Lipinski definition) is 5. The van der Waals surface area contributed by atoms with Crippen LogP contribution in [0.2, 0.25) is 0 Å². The van der Waals surface area contributed by atoms with E-state index in [0.29, 0.717) is 13.2 Å². The maximum absolute atomic E-state index is 11.1. The van der Waals surface area contributed by atoms with Crippen molar-refractivity contribution in [2.24, 2.45) is 0 Å². The maximum Gasteiger partial charge on any atom is 0.304 e. The number of fused-ring (bicyclic) bond motifs is 2. The summed E-state index contributed by atoms with van der Waals surface area (Å²) in [5.74, 6) is 0.838. The van der Waals surface area contributed by atoms with Gasteiger partial charge in [-0.3, -0.25) is 4.79 Å². The van der Waals surface area contributed by atoms with E-state index < -0.39 is 5.97 Å². The summed E-state index contributed by atoms with van der Waals surface area (Å²) < 4.78 is 11.9. The van der Waals surface area contributed by atoms with Gasteiger partial charge in [-0.05, 0) is 31.5 Å². The summed E-state index contributed by atoms with van der Waals surface area (Å²) in [5.41, 5.74) is 5.45. The van der Waals surface area contributed by atoms with Gasteiger partial charge in [-0.2, -0.15) is 0 Å². The molecule has 154 valence electrons. The van der Waals surface area contributed by atoms with Crippen molar-refractivity contribution in [3.63, 3.8) is 0 Å². The lowest BCUT2D eigenvalue weighted by Crippen LogP contribution is -2.11. The second-order valence-electron chi connectivity index (χ2n) is 7.92. The molecule has 2 aromatic carbocycles. The molecule has 0 fully saturated rings. The number of hydrogen-bond donors (Lipinski definition) is 2. The molecule has 3 heterocycles. The first-order valence-corrected chi connectivity index (χ1v) is 10.9. The Morgan fingerprint density at radius 3 is 2.73 bits per heavy atom. The molecule has 5 rings (SSSR count). The van der Waals surface area contributed by atoms with Crippen molar-refractivity contribution in [2.75, 3.05) is 18.5 Å². The van der Waals surface area contributed by atoms with Crippen LogP contribution < -0.4 is 14.8 Å². The number of para-hydroxylation sites is 1. The number of nitrogens with one attached hydrogen (secondary N) is 1. The fraction of sp³-hybridized carbons (Fsp3) is 0.292. The molecule has 0 amide bonds. The Balaban J connectivity index is 1.40. The molecule has 2 atom stereocenters. The number of aryl methyl sites for hydroxylation is 2. The zero-order valence-corrected chi connectivity index (χ0v) is 17.7. The van der Waals surface area contributed by atoms with E-state index in [4.69, 9.17) is 14.6 Å². The van der Waals surface area contributed by atoms with Crippen LogP contribution in [0.15, 0.2) is 42.5 Å². The fourth-order valence-corrected chi connectivity index (χ4v) is 5.36. The molecule has 30 heavy (non-hydrogen) atoms. The Hall–Kier alpha value is -2.99. The molecule has 5 nitrogen and oxygen atoms in total. The summed E-state index contributed by atoms with van der Waals surface area (Å²) >= 11 is 1.81. The minimum absolute atomic E-state index is 0.0502. The van der Waals surface area contributed by atoms with Crippen molar-refractivity contribution in [1.82, 2.24) is 0 Å². The van der Waals surface area contributed by atoms with Gasteiger partial charge in [0.1, 0.15) is 18.1 Å². The molecule has 2 aliphatic rings. The predicted octanol–water partition coefficient (Wildman–Crippen LogP) is 5.53. The lowest BCUT2D eigenvalue weighted by atomic mass is 9.97. The van der Waals surface area contributed by atoms with Crippen LogP contribution in [0.3, 0.4) is 0 Å². The minimum Gasteiger partial charge on any atom is -0.493 e. The van der Waals surface area contributed by atoms with Crippen LogP contribution >= 0.6 is 11.3 Å². The van der Waals surface area contributed by atoms with Crippen LogP contribution in [0.5, 0.6) is 11.5 Å². The van der Waals surface area contributed by atoms with Gasteiger partial charge in [-0.1, -0.05) is 24.3 Å². The molecule has 6 heteroatoms. The van der Waals surface area contributed by atoms with Crippen LogP contribution in [0, 0.1) is 13.8 Å². The SMILES string of the molecule is Cc1cc(-c2cccc3c2OC[C@H]3Nc2ccc3c(c2)OC[C@H]3CC(=O)O)c(C)s1. The van der Waals surface area contributed by atoms with E-state index in [9.17, 15) is 4.79 Å². The van der Waals surface area contributed by atoms with Gasteiger partial charge in [0.15, 0.2) is 0 Å². The van der Waals surface area contributed by atoms with E-state index in [-0.39, 0.29) is 18.4 Å². The molecular formula is C24H23NO4S. The topological polar surface area (TPSA) is 67.8 Å². The predicted molar refractivity (Wildman–Crippen MR) is 118 cm³/mol. The third-order valence-electron chi connectivity index (χ3n) is 5.80. The monoisotopic (exact) mass is 421 g/mol. The molecule has 0 spiro atoms. The van der Waals surface area contributed by atoms with E-state index in [1.165, 1.54) is 15.3 Å². The first-order chi connectivity index (χ1) is 14.5. The van der Waals surface area contributed by atoms with Gasteiger partial charge in [-0.25, -0.2) is 0 Å². The van der Waals surface area contributed by atoms with Crippen molar-refractivity contribution in [3.05, 3.63) is 63.3 Å². The normalized spacial score (nSPS) is 19.0. The Morgan fingerprint density at radius 2 is 1.97 bits per heavy atom. The average molecular weight is 422 g/mol. The van der Waals surface area contributed by atoms with Gasteiger partial charge in [-0.15, -0.1) is 11.3 Å². The molecule has 0 unspecified atom stereocenters. The third-order valence-corrected chi connectivity index (χ3v) is 6.77. The van der Waals surface area contributed by atoms with Crippen molar-refractivity contribution in [1.29, 1.82) is 0 Å². The maximum atomic E-state index is 11.1. The molecular weight excluding hydrogens is 398 g/mol. The second-order valence-corrected chi connectivity index (χ2v) is 9.38. The van der Waals surface area contributed by atoms with Crippen LogP contribution in [-0.4, -0.2) is 24.3 Å². The highest BCUT2D eigenvalue weighted by molar-refractivity contribution is 7.12. The molecule has 2 N–H and O–H groups in total. The van der Waals surface area contributed by atoms with E-state index >= 15 is 0 Å². The van der Waals surface area contributed by atoms with E-state index in [0.717, 1.165) is 33.9 Å². The van der Waals surface area contributed by atoms with Gasteiger partial charge in [0, 0.05) is 44.1 Å². The van der Waals surface area contributed by atoms with Crippen molar-refractivity contribution in [3.8, 4) is 22.6 Å². The molecule has 0 saturated heterocycles. The molecule has 0 aliphatic carbocycles. The Kier molecular flexibility index (Phi) is 4.66. The summed E-state index contributed by atoms with van der Waals surface area (Å²) in [5, 5.41) is 12.6. The van der Waals surface area contributed by atoms with Crippen LogP contribution in [0.4, 0.5) is 5.69 Å². The quantitative estimate of drug-likeness (QED) is 0.567. The van der Waals surface area contributed by atoms with E-state index in [1.807, 2.05) is 18.2 Å². The zero-order chi connectivity index (χ0) is 20.8. The highest BCUT2D eigenvalue weighted by Gasteiger charge is 2.29. The summed E-state index contributed by atoms with van der Waals surface area (Å²) in [6, 6.07) is 14.5. The molecule has 3 aromatic rings. The number of rotatable bonds is 5. The van der Waals surface area contributed by atoms with E-state index in [1.54, 1.807) is 11.3 Å². The number of anilines is 1. The van der Waals surface area contributed by atoms with Gasteiger partial charge in [0.05, 0.1) is 19.1 Å². The number of carboxylic acids is 1. The Labute approximate surface area is 179 Å². The number of aliphatic carboxylic acids is 1. The third kappa shape index (κ3) is 3.31. The summed E-state index contributed by atoms with van der Waals surface area (Å²) in [6.07, 6.45) is 0.0911. The molecule has 2 aliphatic heterocycles. The van der Waals surface area contributed by atoms with Crippen molar-refractivity contribution >= 4 is 23.0 Å². The second kappa shape index (κ2) is 7.36. The first-order valence-electron chi connectivity index (χ1n) is 10.1. The van der Waals surface area contributed by atoms with Crippen LogP contribution in [-0.2, 0) is 4.79 Å². The number of thiophene rings is 1. The van der Waals surface area contributed by atoms with Gasteiger partial charge < -0.3 is 19.9 Å². The fourth-order valence-electron chi connectivity index (χ4n) is 4.42.